The molecule has 2 amide bonds. The van der Waals surface area contributed by atoms with Crippen LogP contribution in [0.2, 0.25) is 0 Å². The lowest BCUT2D eigenvalue weighted by Gasteiger charge is -2.12. The minimum Gasteiger partial charge on any atom is -0.268 e. The summed E-state index contributed by atoms with van der Waals surface area (Å²) in [5, 5.41) is 19.2. The lowest BCUT2D eigenvalue weighted by molar-refractivity contribution is -0.384. The first-order valence-electron chi connectivity index (χ1n) is 7.47. The topological polar surface area (TPSA) is 104 Å². The Bertz CT molecular complexity index is 977. The highest BCUT2D eigenvalue weighted by molar-refractivity contribution is 8.18. The van der Waals surface area contributed by atoms with Crippen LogP contribution >= 0.6 is 11.8 Å². The van der Waals surface area contributed by atoms with E-state index in [9.17, 15) is 19.7 Å². The largest absolute Gasteiger partial charge is 0.293 e. The van der Waals surface area contributed by atoms with Gasteiger partial charge in [0, 0.05) is 12.1 Å². The number of benzene rings is 2. The van der Waals surface area contributed by atoms with Gasteiger partial charge in [-0.25, -0.2) is 0 Å². The second kappa shape index (κ2) is 7.21. The van der Waals surface area contributed by atoms with E-state index in [1.165, 1.54) is 18.2 Å². The van der Waals surface area contributed by atoms with Crippen molar-refractivity contribution in [3.05, 3.63) is 80.2 Å². The van der Waals surface area contributed by atoms with E-state index < -0.39 is 16.1 Å². The molecule has 2 aromatic rings. The third-order valence-corrected chi connectivity index (χ3v) is 4.58. The van der Waals surface area contributed by atoms with Crippen molar-refractivity contribution in [2.45, 2.75) is 6.54 Å². The number of thioether (sulfide) groups is 1. The van der Waals surface area contributed by atoms with E-state index >= 15 is 0 Å². The molecule has 1 saturated heterocycles. The normalized spacial score (nSPS) is 15.3. The molecule has 7 nitrogen and oxygen atoms in total. The number of carbonyl (C=O) groups is 2. The summed E-state index contributed by atoms with van der Waals surface area (Å²) in [6.07, 6.45) is 1.58. The summed E-state index contributed by atoms with van der Waals surface area (Å²) in [5.74, 6) is -0.448. The first-order valence-corrected chi connectivity index (χ1v) is 8.28. The minimum atomic E-state index is -0.526. The molecule has 0 spiro atoms. The molecule has 26 heavy (non-hydrogen) atoms. The zero-order valence-corrected chi connectivity index (χ0v) is 14.1. The molecule has 128 valence electrons. The smallest absolute Gasteiger partial charge is 0.268 e. The average Bonchev–Trinajstić information content (AvgIpc) is 2.90. The number of nitriles is 1. The summed E-state index contributed by atoms with van der Waals surface area (Å²) in [7, 11) is 0. The van der Waals surface area contributed by atoms with Crippen molar-refractivity contribution in [1.82, 2.24) is 4.90 Å². The van der Waals surface area contributed by atoms with Crippen molar-refractivity contribution < 1.29 is 14.5 Å². The number of imide groups is 1. The van der Waals surface area contributed by atoms with Gasteiger partial charge in [-0.05, 0) is 41.1 Å². The number of non-ortho nitro benzene ring substituents is 1. The summed E-state index contributed by atoms with van der Waals surface area (Å²) in [6, 6.07) is 14.5. The molecule has 8 heteroatoms. The summed E-state index contributed by atoms with van der Waals surface area (Å²) in [6.45, 7) is -0.0307. The van der Waals surface area contributed by atoms with Crippen LogP contribution in [0.25, 0.3) is 6.08 Å². The van der Waals surface area contributed by atoms with Crippen molar-refractivity contribution in [3.63, 3.8) is 0 Å². The van der Waals surface area contributed by atoms with E-state index in [1.807, 2.05) is 6.07 Å². The van der Waals surface area contributed by atoms with Crippen molar-refractivity contribution in [2.75, 3.05) is 0 Å². The van der Waals surface area contributed by atoms with E-state index in [0.29, 0.717) is 16.7 Å². The van der Waals surface area contributed by atoms with Crippen molar-refractivity contribution in [3.8, 4) is 6.07 Å². The minimum absolute atomic E-state index is 0.0307. The second-order valence-electron chi connectivity index (χ2n) is 5.43. The quantitative estimate of drug-likeness (QED) is 0.465. The highest BCUT2D eigenvalue weighted by Gasteiger charge is 2.35. The molecule has 0 radical (unpaired) electrons. The van der Waals surface area contributed by atoms with Crippen LogP contribution in [0.3, 0.4) is 0 Å². The lowest BCUT2D eigenvalue weighted by atomic mass is 10.1. The summed E-state index contributed by atoms with van der Waals surface area (Å²) in [5.41, 5.74) is 1.61. The predicted octanol–water partition coefficient (Wildman–Crippen LogP) is 3.70. The van der Waals surface area contributed by atoms with Crippen LogP contribution in [0.4, 0.5) is 10.5 Å². The maximum absolute atomic E-state index is 12.5. The summed E-state index contributed by atoms with van der Waals surface area (Å²) < 4.78 is 0. The fraction of sp³-hybridized carbons (Fsp3) is 0.0556. The zero-order valence-electron chi connectivity index (χ0n) is 13.3. The molecule has 1 aliphatic heterocycles. The maximum Gasteiger partial charge on any atom is 0.293 e. The molecular formula is C18H11N3O4S. The van der Waals surface area contributed by atoms with Crippen LogP contribution in [0, 0.1) is 21.4 Å². The van der Waals surface area contributed by atoms with Gasteiger partial charge in [-0.3, -0.25) is 24.6 Å². The van der Waals surface area contributed by atoms with E-state index in [0.717, 1.165) is 16.7 Å². The van der Waals surface area contributed by atoms with Crippen LogP contribution < -0.4 is 0 Å². The van der Waals surface area contributed by atoms with Crippen LogP contribution in [0.15, 0.2) is 53.4 Å². The first-order chi connectivity index (χ1) is 12.5. The third kappa shape index (κ3) is 3.63. The van der Waals surface area contributed by atoms with Crippen LogP contribution in [0.5, 0.6) is 0 Å². The fourth-order valence-corrected chi connectivity index (χ4v) is 3.23. The molecule has 1 fully saturated rings. The lowest BCUT2D eigenvalue weighted by Crippen LogP contribution is -2.27. The highest BCUT2D eigenvalue weighted by atomic mass is 32.2. The molecule has 1 heterocycles. The van der Waals surface area contributed by atoms with Gasteiger partial charge >= 0.3 is 0 Å². The molecule has 0 atom stereocenters. The predicted molar refractivity (Wildman–Crippen MR) is 95.8 cm³/mol. The Kier molecular flexibility index (Phi) is 4.82. The number of nitro benzene ring substituents is 1. The zero-order chi connectivity index (χ0) is 18.7. The Morgan fingerprint density at radius 1 is 1.19 bits per heavy atom. The Morgan fingerprint density at radius 3 is 2.58 bits per heavy atom. The Labute approximate surface area is 152 Å². The van der Waals surface area contributed by atoms with Crippen molar-refractivity contribution >= 4 is 34.7 Å². The van der Waals surface area contributed by atoms with Gasteiger partial charge in [0.1, 0.15) is 0 Å². The molecule has 3 rings (SSSR count). The number of nitrogens with zero attached hydrogens (tertiary/aromatic N) is 3. The molecule has 0 aromatic heterocycles. The van der Waals surface area contributed by atoms with Crippen molar-refractivity contribution in [2.24, 2.45) is 0 Å². The van der Waals surface area contributed by atoms with Gasteiger partial charge in [0.05, 0.1) is 28.0 Å². The van der Waals surface area contributed by atoms with Gasteiger partial charge in [0.25, 0.3) is 16.8 Å². The van der Waals surface area contributed by atoms with E-state index in [4.69, 9.17) is 5.26 Å². The molecule has 0 aliphatic carbocycles. The monoisotopic (exact) mass is 365 g/mol. The van der Waals surface area contributed by atoms with Gasteiger partial charge in [-0.2, -0.15) is 5.26 Å². The van der Waals surface area contributed by atoms with E-state index in [1.54, 1.807) is 36.4 Å². The van der Waals surface area contributed by atoms with Gasteiger partial charge < -0.3 is 0 Å². The van der Waals surface area contributed by atoms with Gasteiger partial charge in [-0.1, -0.05) is 24.3 Å². The first kappa shape index (κ1) is 17.4. The SMILES string of the molecule is N#Cc1ccc(/C=C2\SC(=O)N(Cc3cccc([N+](=O)[O-])c3)C2=O)cc1. The Balaban J connectivity index is 1.80. The number of rotatable bonds is 4. The Hall–Kier alpha value is -3.44. The summed E-state index contributed by atoms with van der Waals surface area (Å²) in [4.78, 5) is 36.3. The molecule has 0 saturated carbocycles. The summed E-state index contributed by atoms with van der Waals surface area (Å²) >= 11 is 0.816. The molecule has 2 aromatic carbocycles. The Morgan fingerprint density at radius 2 is 1.92 bits per heavy atom. The number of nitro groups is 1. The number of hydrogen-bond donors (Lipinski definition) is 0. The van der Waals surface area contributed by atoms with Crippen molar-refractivity contribution in [1.29, 1.82) is 5.26 Å². The van der Waals surface area contributed by atoms with Gasteiger partial charge in [0.15, 0.2) is 0 Å². The number of hydrogen-bond acceptors (Lipinski definition) is 6. The molecule has 0 unspecified atom stereocenters. The second-order valence-corrected chi connectivity index (χ2v) is 6.42. The fourth-order valence-electron chi connectivity index (χ4n) is 2.39. The molecule has 0 bridgehead atoms. The van der Waals surface area contributed by atoms with Crippen LogP contribution in [-0.2, 0) is 11.3 Å². The molecule has 0 N–H and O–H groups in total. The third-order valence-electron chi connectivity index (χ3n) is 3.67. The molecule has 1 aliphatic rings. The van der Waals surface area contributed by atoms with E-state index in [-0.39, 0.29) is 17.1 Å². The van der Waals surface area contributed by atoms with Gasteiger partial charge in [-0.15, -0.1) is 0 Å². The maximum atomic E-state index is 12.5. The average molecular weight is 365 g/mol. The van der Waals surface area contributed by atoms with Crippen LogP contribution in [0.1, 0.15) is 16.7 Å². The number of amides is 2. The van der Waals surface area contributed by atoms with E-state index in [2.05, 4.69) is 0 Å². The van der Waals surface area contributed by atoms with Gasteiger partial charge in [0.2, 0.25) is 0 Å². The molecular weight excluding hydrogens is 354 g/mol. The highest BCUT2D eigenvalue weighted by Crippen LogP contribution is 2.33. The van der Waals surface area contributed by atoms with Crippen LogP contribution in [-0.4, -0.2) is 21.0 Å². The number of carbonyl (C=O) groups excluding carboxylic acids is 2. The standard InChI is InChI=1S/C18H11N3O4S/c19-10-13-6-4-12(5-7-13)9-16-17(22)20(18(23)26-16)11-14-2-1-3-15(8-14)21(24)25/h1-9H,11H2/b16-9-.